The molecule has 0 saturated carbocycles. The normalized spacial score (nSPS) is 12.5. The van der Waals surface area contributed by atoms with Crippen LogP contribution in [0.4, 0.5) is 11.4 Å². The summed E-state index contributed by atoms with van der Waals surface area (Å²) in [6.45, 7) is 1.21. The van der Waals surface area contributed by atoms with Gasteiger partial charge in [-0.15, -0.1) is 0 Å². The average Bonchev–Trinajstić information content (AvgIpc) is 3.11. The first-order chi connectivity index (χ1) is 12.6. The highest BCUT2D eigenvalue weighted by Crippen LogP contribution is 2.22. The Morgan fingerprint density at radius 2 is 1.85 bits per heavy atom. The summed E-state index contributed by atoms with van der Waals surface area (Å²) in [7, 11) is 0. The maximum atomic E-state index is 12.0. The summed E-state index contributed by atoms with van der Waals surface area (Å²) in [5.74, 6) is 0.0380. The van der Waals surface area contributed by atoms with E-state index in [1.54, 1.807) is 12.1 Å². The molecule has 2 aromatic carbocycles. The maximum absolute atomic E-state index is 12.0. The molecule has 0 heterocycles. The molecule has 6 nitrogen and oxygen atoms in total. The number of aryl methyl sites for hydroxylation is 2. The lowest BCUT2D eigenvalue weighted by Gasteiger charge is -2.08. The molecular weight excluding hydrogens is 330 g/mol. The third kappa shape index (κ3) is 4.81. The minimum Gasteiger partial charge on any atom is -0.385 e. The molecular formula is C20H23N3O3. The Kier molecular flexibility index (Phi) is 5.84. The predicted octanol–water partition coefficient (Wildman–Crippen LogP) is 3.59. The number of carbonyl (C=O) groups is 1. The Labute approximate surface area is 152 Å². The van der Waals surface area contributed by atoms with Crippen LogP contribution in [0.3, 0.4) is 0 Å². The number of rotatable bonds is 8. The van der Waals surface area contributed by atoms with E-state index in [0.717, 1.165) is 17.7 Å². The molecule has 26 heavy (non-hydrogen) atoms. The van der Waals surface area contributed by atoms with Crippen molar-refractivity contribution in [1.29, 1.82) is 0 Å². The molecule has 0 aliphatic heterocycles. The molecule has 1 amide bonds. The summed E-state index contributed by atoms with van der Waals surface area (Å²) < 4.78 is 0. The molecule has 0 unspecified atom stereocenters. The van der Waals surface area contributed by atoms with Gasteiger partial charge in [-0.2, -0.15) is 0 Å². The lowest BCUT2D eigenvalue weighted by molar-refractivity contribution is -0.384. The first-order valence-corrected chi connectivity index (χ1v) is 8.97. The second-order valence-electron chi connectivity index (χ2n) is 6.57. The van der Waals surface area contributed by atoms with Crippen molar-refractivity contribution >= 4 is 17.3 Å². The summed E-state index contributed by atoms with van der Waals surface area (Å²) >= 11 is 0. The lowest BCUT2D eigenvalue weighted by atomic mass is 10.1. The maximum Gasteiger partial charge on any atom is 0.269 e. The van der Waals surface area contributed by atoms with Gasteiger partial charge in [-0.3, -0.25) is 14.9 Å². The highest BCUT2D eigenvalue weighted by molar-refractivity contribution is 5.75. The van der Waals surface area contributed by atoms with Gasteiger partial charge in [0, 0.05) is 37.3 Å². The van der Waals surface area contributed by atoms with Crippen LogP contribution in [-0.4, -0.2) is 17.4 Å². The molecule has 6 heteroatoms. The fourth-order valence-electron chi connectivity index (χ4n) is 3.21. The van der Waals surface area contributed by atoms with Gasteiger partial charge in [-0.05, 0) is 54.5 Å². The number of non-ortho nitro benzene ring substituents is 1. The zero-order valence-electron chi connectivity index (χ0n) is 14.7. The number of anilines is 1. The van der Waals surface area contributed by atoms with Crippen LogP contribution in [0.5, 0.6) is 0 Å². The number of nitrogens with one attached hydrogen (secondary N) is 2. The number of nitro benzene ring substituents is 1. The molecule has 0 aromatic heterocycles. The number of carbonyl (C=O) groups excluding carboxylic acids is 1. The van der Waals surface area contributed by atoms with Gasteiger partial charge < -0.3 is 10.6 Å². The predicted molar refractivity (Wildman–Crippen MR) is 101 cm³/mol. The molecule has 0 fully saturated rings. The Balaban J connectivity index is 1.34. The zero-order chi connectivity index (χ0) is 18.4. The molecule has 3 rings (SSSR count). The van der Waals surface area contributed by atoms with Crippen molar-refractivity contribution in [2.24, 2.45) is 0 Å². The van der Waals surface area contributed by atoms with E-state index in [9.17, 15) is 14.9 Å². The number of amides is 1. The third-order valence-electron chi connectivity index (χ3n) is 4.64. The SMILES string of the molecule is O=C(CCCNc1ccc([N+](=O)[O-])cc1)NCc1ccc2c(c1)CCC2. The Morgan fingerprint density at radius 1 is 1.08 bits per heavy atom. The van der Waals surface area contributed by atoms with Crippen LogP contribution in [-0.2, 0) is 24.2 Å². The Hall–Kier alpha value is -2.89. The lowest BCUT2D eigenvalue weighted by Crippen LogP contribution is -2.23. The summed E-state index contributed by atoms with van der Waals surface area (Å²) in [5, 5.41) is 16.7. The van der Waals surface area contributed by atoms with Crippen molar-refractivity contribution in [2.75, 3.05) is 11.9 Å². The van der Waals surface area contributed by atoms with E-state index in [1.807, 2.05) is 0 Å². The van der Waals surface area contributed by atoms with E-state index in [0.29, 0.717) is 25.9 Å². The van der Waals surface area contributed by atoms with Gasteiger partial charge in [-0.1, -0.05) is 18.2 Å². The smallest absolute Gasteiger partial charge is 0.269 e. The van der Waals surface area contributed by atoms with Gasteiger partial charge in [-0.25, -0.2) is 0 Å². The van der Waals surface area contributed by atoms with Crippen LogP contribution >= 0.6 is 0 Å². The van der Waals surface area contributed by atoms with Crippen molar-refractivity contribution in [3.05, 3.63) is 69.3 Å². The van der Waals surface area contributed by atoms with Gasteiger partial charge in [0.25, 0.3) is 5.69 Å². The van der Waals surface area contributed by atoms with Crippen molar-refractivity contribution < 1.29 is 9.72 Å². The number of nitro groups is 1. The summed E-state index contributed by atoms with van der Waals surface area (Å²) in [5.41, 5.74) is 4.90. The molecule has 2 aromatic rings. The van der Waals surface area contributed by atoms with Crippen LogP contribution in [0.1, 0.15) is 36.0 Å². The summed E-state index contributed by atoms with van der Waals surface area (Å²) in [6, 6.07) is 12.8. The van der Waals surface area contributed by atoms with Gasteiger partial charge in [0.2, 0.25) is 5.91 Å². The second kappa shape index (κ2) is 8.47. The second-order valence-corrected chi connectivity index (χ2v) is 6.57. The molecule has 0 bridgehead atoms. The minimum absolute atomic E-state index is 0.0380. The van der Waals surface area contributed by atoms with E-state index in [2.05, 4.69) is 28.8 Å². The third-order valence-corrected chi connectivity index (χ3v) is 4.64. The molecule has 2 N–H and O–H groups in total. The van der Waals surface area contributed by atoms with E-state index in [-0.39, 0.29) is 11.6 Å². The number of fused-ring (bicyclic) bond motifs is 1. The van der Waals surface area contributed by atoms with Crippen LogP contribution in [0.25, 0.3) is 0 Å². The highest BCUT2D eigenvalue weighted by Gasteiger charge is 2.11. The molecule has 1 aliphatic carbocycles. The topological polar surface area (TPSA) is 84.3 Å². The minimum atomic E-state index is -0.422. The zero-order valence-corrected chi connectivity index (χ0v) is 14.7. The first-order valence-electron chi connectivity index (χ1n) is 8.97. The molecule has 0 spiro atoms. The van der Waals surface area contributed by atoms with Crippen molar-refractivity contribution in [1.82, 2.24) is 5.32 Å². The molecule has 1 aliphatic rings. The van der Waals surface area contributed by atoms with Gasteiger partial charge in [0.05, 0.1) is 4.92 Å². The summed E-state index contributed by atoms with van der Waals surface area (Å²) in [4.78, 5) is 22.2. The molecule has 0 saturated heterocycles. The fourth-order valence-corrected chi connectivity index (χ4v) is 3.21. The van der Waals surface area contributed by atoms with Gasteiger partial charge in [0.1, 0.15) is 0 Å². The Bertz CT molecular complexity index is 787. The van der Waals surface area contributed by atoms with Gasteiger partial charge >= 0.3 is 0 Å². The van der Waals surface area contributed by atoms with Crippen molar-refractivity contribution in [3.63, 3.8) is 0 Å². The Morgan fingerprint density at radius 3 is 2.62 bits per heavy atom. The van der Waals surface area contributed by atoms with Crippen LogP contribution < -0.4 is 10.6 Å². The summed E-state index contributed by atoms with van der Waals surface area (Å²) in [6.07, 6.45) is 4.69. The quantitative estimate of drug-likeness (QED) is 0.431. The van der Waals surface area contributed by atoms with Crippen LogP contribution in [0.15, 0.2) is 42.5 Å². The van der Waals surface area contributed by atoms with E-state index >= 15 is 0 Å². The monoisotopic (exact) mass is 353 g/mol. The van der Waals surface area contributed by atoms with Gasteiger partial charge in [0.15, 0.2) is 0 Å². The first kappa shape index (κ1) is 17.9. The number of hydrogen-bond acceptors (Lipinski definition) is 4. The standard InChI is InChI=1S/C20H23N3O3/c24-20(22-14-15-6-7-16-3-1-4-17(16)13-15)5-2-12-21-18-8-10-19(11-9-18)23(25)26/h6-11,13,21H,1-5,12,14H2,(H,22,24). The molecule has 0 radical (unpaired) electrons. The largest absolute Gasteiger partial charge is 0.385 e. The number of nitrogens with zero attached hydrogens (tertiary/aromatic N) is 1. The van der Waals surface area contributed by atoms with Crippen LogP contribution in [0, 0.1) is 10.1 Å². The number of benzene rings is 2. The van der Waals surface area contributed by atoms with E-state index in [1.165, 1.54) is 36.1 Å². The van der Waals surface area contributed by atoms with Crippen molar-refractivity contribution in [2.45, 2.75) is 38.6 Å². The molecule has 136 valence electrons. The average molecular weight is 353 g/mol. The van der Waals surface area contributed by atoms with E-state index in [4.69, 9.17) is 0 Å². The van der Waals surface area contributed by atoms with E-state index < -0.39 is 4.92 Å². The van der Waals surface area contributed by atoms with Crippen molar-refractivity contribution in [3.8, 4) is 0 Å². The molecule has 0 atom stereocenters. The number of hydrogen-bond donors (Lipinski definition) is 2. The highest BCUT2D eigenvalue weighted by atomic mass is 16.6. The fraction of sp³-hybridized carbons (Fsp3) is 0.350. The van der Waals surface area contributed by atoms with Crippen LogP contribution in [0.2, 0.25) is 0 Å².